The highest BCUT2D eigenvalue weighted by atomic mass is 32.2. The average Bonchev–Trinajstić information content (AvgIpc) is 3.26. The van der Waals surface area contributed by atoms with Crippen LogP contribution in [0.5, 0.6) is 0 Å². The predicted octanol–water partition coefficient (Wildman–Crippen LogP) is 2.41. The van der Waals surface area contributed by atoms with Crippen molar-refractivity contribution in [3.05, 3.63) is 12.2 Å². The number of hydrogen-bond acceptors (Lipinski definition) is 8. The molecule has 4 atom stereocenters. The van der Waals surface area contributed by atoms with E-state index in [1.165, 1.54) is 28.4 Å². The zero-order valence-electron chi connectivity index (χ0n) is 15.5. The average molecular weight is 430 g/mol. The number of fused-ring (bicyclic) bond motifs is 5. The summed E-state index contributed by atoms with van der Waals surface area (Å²) in [6.07, 6.45) is 3.59. The standard InChI is InChI=1S/C18H23NO5S3/c1-4-26-17(25)27-18(2,3)16(22)23-9-5-8-19-14(20)12-10-6-7-11(24-10)13(12)15(19)21/h6-7,10-13H,4-5,8-9H2,1-3H3. The van der Waals surface area contributed by atoms with Gasteiger partial charge in [-0.05, 0) is 26.0 Å². The quantitative estimate of drug-likeness (QED) is 0.201. The molecular weight excluding hydrogens is 406 g/mol. The van der Waals surface area contributed by atoms with E-state index in [-0.39, 0.29) is 55.0 Å². The number of imide groups is 1. The highest BCUT2D eigenvalue weighted by Gasteiger charge is 2.60. The van der Waals surface area contributed by atoms with Crippen molar-refractivity contribution in [3.8, 4) is 0 Å². The molecule has 6 nitrogen and oxygen atoms in total. The van der Waals surface area contributed by atoms with E-state index in [1.807, 2.05) is 19.1 Å². The molecule has 0 spiro atoms. The Morgan fingerprint density at radius 1 is 1.26 bits per heavy atom. The van der Waals surface area contributed by atoms with Crippen molar-refractivity contribution >= 4 is 57.1 Å². The molecule has 0 aliphatic carbocycles. The Balaban J connectivity index is 1.44. The van der Waals surface area contributed by atoms with Gasteiger partial charge in [0.15, 0.2) is 0 Å². The molecule has 9 heteroatoms. The molecular formula is C18H23NO5S3. The Kier molecular flexibility index (Phi) is 6.34. The molecule has 0 N–H and O–H groups in total. The highest BCUT2D eigenvalue weighted by Crippen LogP contribution is 2.45. The molecule has 3 rings (SSSR count). The van der Waals surface area contributed by atoms with Crippen molar-refractivity contribution in [1.82, 2.24) is 4.90 Å². The number of carbonyl (C=O) groups excluding carboxylic acids is 3. The first-order valence-corrected chi connectivity index (χ1v) is 11.2. The number of rotatable bonds is 7. The molecule has 0 saturated carbocycles. The van der Waals surface area contributed by atoms with Gasteiger partial charge in [0.1, 0.15) is 8.28 Å². The fourth-order valence-electron chi connectivity index (χ4n) is 3.54. The molecule has 4 unspecified atom stereocenters. The van der Waals surface area contributed by atoms with Crippen molar-refractivity contribution in [2.75, 3.05) is 18.9 Å². The van der Waals surface area contributed by atoms with E-state index in [1.54, 1.807) is 13.8 Å². The third kappa shape index (κ3) is 4.11. The molecule has 2 bridgehead atoms. The summed E-state index contributed by atoms with van der Waals surface area (Å²) in [6, 6.07) is 0. The SMILES string of the molecule is CCSC(=S)SC(C)(C)C(=O)OCCCN1C(=O)C2C3C=CC(O3)C2C1=O. The first-order chi connectivity index (χ1) is 12.8. The summed E-state index contributed by atoms with van der Waals surface area (Å²) in [5, 5.41) is 0. The van der Waals surface area contributed by atoms with Gasteiger partial charge in [0.05, 0.1) is 30.7 Å². The molecule has 0 aromatic heterocycles. The minimum Gasteiger partial charge on any atom is -0.465 e. The van der Waals surface area contributed by atoms with Gasteiger partial charge in [0.25, 0.3) is 0 Å². The molecule has 2 amide bonds. The van der Waals surface area contributed by atoms with Crippen LogP contribution < -0.4 is 0 Å². The number of hydrogen-bond donors (Lipinski definition) is 0. The lowest BCUT2D eigenvalue weighted by Crippen LogP contribution is -2.36. The topological polar surface area (TPSA) is 72.9 Å². The van der Waals surface area contributed by atoms with Crippen LogP contribution >= 0.6 is 35.7 Å². The summed E-state index contributed by atoms with van der Waals surface area (Å²) in [4.78, 5) is 38.6. The molecule has 27 heavy (non-hydrogen) atoms. The number of thioether (sulfide) groups is 2. The largest absolute Gasteiger partial charge is 0.465 e. The second kappa shape index (κ2) is 8.23. The lowest BCUT2D eigenvalue weighted by molar-refractivity contribution is -0.146. The van der Waals surface area contributed by atoms with Crippen molar-refractivity contribution in [3.63, 3.8) is 0 Å². The lowest BCUT2D eigenvalue weighted by Gasteiger charge is -2.22. The first kappa shape index (κ1) is 20.8. The number of carbonyl (C=O) groups is 3. The van der Waals surface area contributed by atoms with Crippen molar-refractivity contribution in [1.29, 1.82) is 0 Å². The van der Waals surface area contributed by atoms with E-state index in [0.29, 0.717) is 9.95 Å². The van der Waals surface area contributed by atoms with Crippen LogP contribution in [0, 0.1) is 11.8 Å². The minimum atomic E-state index is -0.766. The number of ether oxygens (including phenoxy) is 2. The van der Waals surface area contributed by atoms with Crippen LogP contribution in [0.2, 0.25) is 0 Å². The lowest BCUT2D eigenvalue weighted by atomic mass is 9.85. The minimum absolute atomic E-state index is 0.157. The Bertz CT molecular complexity index is 662. The number of thiocarbonyl (C=S) groups is 1. The summed E-state index contributed by atoms with van der Waals surface area (Å²) < 4.78 is 10.9. The number of nitrogens with zero attached hydrogens (tertiary/aromatic N) is 1. The van der Waals surface area contributed by atoms with Gasteiger partial charge in [0.2, 0.25) is 11.8 Å². The molecule has 0 aromatic carbocycles. The maximum absolute atomic E-state index is 12.5. The normalized spacial score (nSPS) is 28.8. The fraction of sp³-hybridized carbons (Fsp3) is 0.667. The fourth-order valence-corrected chi connectivity index (χ4v) is 6.53. The van der Waals surface area contributed by atoms with Gasteiger partial charge in [0, 0.05) is 6.54 Å². The van der Waals surface area contributed by atoms with Crippen LogP contribution in [-0.4, -0.2) is 62.1 Å². The summed E-state index contributed by atoms with van der Waals surface area (Å²) >= 11 is 8.08. The van der Waals surface area contributed by atoms with Gasteiger partial charge >= 0.3 is 5.97 Å². The van der Waals surface area contributed by atoms with E-state index in [4.69, 9.17) is 21.7 Å². The molecule has 3 heterocycles. The summed E-state index contributed by atoms with van der Waals surface area (Å²) in [5.41, 5.74) is 0. The first-order valence-electron chi connectivity index (χ1n) is 8.98. The van der Waals surface area contributed by atoms with E-state index in [0.717, 1.165) is 5.75 Å². The number of amides is 2. The van der Waals surface area contributed by atoms with E-state index >= 15 is 0 Å². The third-order valence-electron chi connectivity index (χ3n) is 4.85. The van der Waals surface area contributed by atoms with Crippen LogP contribution in [0.4, 0.5) is 0 Å². The van der Waals surface area contributed by atoms with E-state index in [2.05, 4.69) is 0 Å². The molecule has 148 valence electrons. The second-order valence-electron chi connectivity index (χ2n) is 7.11. The third-order valence-corrected chi connectivity index (χ3v) is 7.43. The van der Waals surface area contributed by atoms with Crippen molar-refractivity contribution in [2.45, 2.75) is 44.1 Å². The Morgan fingerprint density at radius 3 is 2.41 bits per heavy atom. The van der Waals surface area contributed by atoms with Crippen LogP contribution in [0.1, 0.15) is 27.2 Å². The zero-order valence-corrected chi connectivity index (χ0v) is 18.0. The van der Waals surface area contributed by atoms with Crippen molar-refractivity contribution < 1.29 is 23.9 Å². The van der Waals surface area contributed by atoms with Crippen LogP contribution in [0.25, 0.3) is 0 Å². The maximum Gasteiger partial charge on any atom is 0.322 e. The molecule has 3 aliphatic heterocycles. The molecule has 0 aromatic rings. The van der Waals surface area contributed by atoms with Crippen molar-refractivity contribution in [2.24, 2.45) is 11.8 Å². The van der Waals surface area contributed by atoms with Gasteiger partial charge in [-0.25, -0.2) is 0 Å². The van der Waals surface area contributed by atoms with Gasteiger partial charge < -0.3 is 9.47 Å². The molecule has 3 aliphatic rings. The summed E-state index contributed by atoms with van der Waals surface area (Å²) in [6.45, 7) is 5.98. The van der Waals surface area contributed by atoms with Crippen LogP contribution in [0.3, 0.4) is 0 Å². The van der Waals surface area contributed by atoms with E-state index in [9.17, 15) is 14.4 Å². The van der Waals surface area contributed by atoms with Gasteiger partial charge in [-0.1, -0.05) is 43.1 Å². The zero-order chi connectivity index (χ0) is 19.8. The predicted molar refractivity (Wildman–Crippen MR) is 109 cm³/mol. The van der Waals surface area contributed by atoms with Gasteiger partial charge in [-0.15, -0.1) is 11.8 Å². The van der Waals surface area contributed by atoms with Crippen LogP contribution in [0.15, 0.2) is 12.2 Å². The number of likely N-dealkylation sites (tertiary alicyclic amines) is 1. The summed E-state index contributed by atoms with van der Waals surface area (Å²) in [5.74, 6) is -0.612. The Morgan fingerprint density at radius 2 is 1.85 bits per heavy atom. The second-order valence-corrected chi connectivity index (χ2v) is 11.2. The van der Waals surface area contributed by atoms with Gasteiger partial charge in [-0.3, -0.25) is 19.3 Å². The number of esters is 1. The smallest absolute Gasteiger partial charge is 0.322 e. The Labute approximate surface area is 172 Å². The molecule has 2 saturated heterocycles. The van der Waals surface area contributed by atoms with Gasteiger partial charge in [-0.2, -0.15) is 0 Å². The summed E-state index contributed by atoms with van der Waals surface area (Å²) in [7, 11) is 0. The highest BCUT2D eigenvalue weighted by molar-refractivity contribution is 8.47. The maximum atomic E-state index is 12.5. The monoisotopic (exact) mass is 429 g/mol. The van der Waals surface area contributed by atoms with E-state index < -0.39 is 4.75 Å². The Hall–Kier alpha value is -0.900. The van der Waals surface area contributed by atoms with Crippen LogP contribution in [-0.2, 0) is 23.9 Å². The molecule has 0 radical (unpaired) electrons. The molecule has 2 fully saturated rings.